The number of dihydropyridines is 1. The molecule has 1 fully saturated rings. The molecule has 1 aliphatic carbocycles. The fourth-order valence-electron chi connectivity index (χ4n) is 3.03. The molecule has 22 heavy (non-hydrogen) atoms. The fraction of sp³-hybridized carbons (Fsp3) is 0.375. The average molecular weight is 332 g/mol. The Balaban J connectivity index is 1.92. The number of hydrogen-bond acceptors (Lipinski definition) is 1. The Morgan fingerprint density at radius 3 is 2.55 bits per heavy atom. The molecule has 1 saturated carbocycles. The molecular weight excluding hydrogens is 318 g/mol. The smallest absolute Gasteiger partial charge is 0.377 e. The van der Waals surface area contributed by atoms with Gasteiger partial charge in [-0.05, 0) is 43.0 Å². The lowest BCUT2D eigenvalue weighted by molar-refractivity contribution is -0.178. The first kappa shape index (κ1) is 15.4. The van der Waals surface area contributed by atoms with Gasteiger partial charge >= 0.3 is 6.18 Å². The SMILES string of the molecule is Fc1ccccc1C1=C(Cl)C=C2CC(C(F)(F)F)CCC2N1. The minimum absolute atomic E-state index is 0.0536. The highest BCUT2D eigenvalue weighted by Gasteiger charge is 2.43. The quantitative estimate of drug-likeness (QED) is 0.715. The van der Waals surface area contributed by atoms with Gasteiger partial charge in [-0.15, -0.1) is 0 Å². The van der Waals surface area contributed by atoms with Crippen molar-refractivity contribution in [3.05, 3.63) is 52.3 Å². The Kier molecular flexibility index (Phi) is 3.93. The van der Waals surface area contributed by atoms with E-state index in [1.165, 1.54) is 6.07 Å². The molecule has 0 bridgehead atoms. The van der Waals surface area contributed by atoms with Gasteiger partial charge in [-0.1, -0.05) is 23.7 Å². The number of allylic oxidation sites excluding steroid dienone is 2. The van der Waals surface area contributed by atoms with Gasteiger partial charge in [-0.25, -0.2) is 4.39 Å². The van der Waals surface area contributed by atoms with Gasteiger partial charge in [0.05, 0.1) is 16.6 Å². The van der Waals surface area contributed by atoms with Gasteiger partial charge in [0.25, 0.3) is 0 Å². The van der Waals surface area contributed by atoms with E-state index in [0.29, 0.717) is 23.3 Å². The summed E-state index contributed by atoms with van der Waals surface area (Å²) in [5.41, 5.74) is 1.42. The van der Waals surface area contributed by atoms with Crippen LogP contribution in [0.5, 0.6) is 0 Å². The number of alkyl halides is 3. The third kappa shape index (κ3) is 2.86. The molecule has 0 spiro atoms. The number of fused-ring (bicyclic) bond motifs is 1. The van der Waals surface area contributed by atoms with Crippen molar-refractivity contribution in [3.8, 4) is 0 Å². The molecule has 1 heterocycles. The molecule has 6 heteroatoms. The lowest BCUT2D eigenvalue weighted by Gasteiger charge is -2.36. The van der Waals surface area contributed by atoms with Crippen LogP contribution in [0.2, 0.25) is 0 Å². The highest BCUT2D eigenvalue weighted by molar-refractivity contribution is 6.34. The van der Waals surface area contributed by atoms with Crippen LogP contribution < -0.4 is 5.32 Å². The Morgan fingerprint density at radius 1 is 1.14 bits per heavy atom. The topological polar surface area (TPSA) is 12.0 Å². The molecule has 0 aromatic heterocycles. The maximum absolute atomic E-state index is 13.9. The van der Waals surface area contributed by atoms with Crippen molar-refractivity contribution in [1.29, 1.82) is 0 Å². The normalized spacial score (nSPS) is 25.4. The maximum Gasteiger partial charge on any atom is 0.392 e. The molecule has 2 atom stereocenters. The average Bonchev–Trinajstić information content (AvgIpc) is 2.46. The summed E-state index contributed by atoms with van der Waals surface area (Å²) < 4.78 is 52.4. The summed E-state index contributed by atoms with van der Waals surface area (Å²) in [6.07, 6.45) is -2.25. The Labute approximate surface area is 130 Å². The summed E-state index contributed by atoms with van der Waals surface area (Å²) >= 11 is 6.16. The number of halogens is 5. The van der Waals surface area contributed by atoms with Gasteiger partial charge in [0.15, 0.2) is 0 Å². The van der Waals surface area contributed by atoms with Crippen LogP contribution in [0.15, 0.2) is 40.9 Å². The third-order valence-electron chi connectivity index (χ3n) is 4.21. The van der Waals surface area contributed by atoms with Crippen LogP contribution in [-0.4, -0.2) is 12.2 Å². The van der Waals surface area contributed by atoms with E-state index in [1.54, 1.807) is 24.3 Å². The summed E-state index contributed by atoms with van der Waals surface area (Å²) in [5.74, 6) is -1.74. The van der Waals surface area contributed by atoms with E-state index in [0.717, 1.165) is 0 Å². The molecule has 1 N–H and O–H groups in total. The zero-order valence-corrected chi connectivity index (χ0v) is 12.3. The van der Waals surface area contributed by atoms with E-state index < -0.39 is 17.9 Å². The molecule has 0 saturated heterocycles. The minimum Gasteiger partial charge on any atom is -0.377 e. The second-order valence-corrected chi connectivity index (χ2v) is 6.05. The van der Waals surface area contributed by atoms with E-state index in [2.05, 4.69) is 5.32 Å². The highest BCUT2D eigenvalue weighted by atomic mass is 35.5. The van der Waals surface area contributed by atoms with Gasteiger partial charge in [-0.2, -0.15) is 13.2 Å². The van der Waals surface area contributed by atoms with E-state index in [4.69, 9.17) is 11.6 Å². The Bertz CT molecular complexity index is 648. The second-order valence-electron chi connectivity index (χ2n) is 5.64. The summed E-state index contributed by atoms with van der Waals surface area (Å²) in [5, 5.41) is 3.36. The van der Waals surface area contributed by atoms with Crippen LogP contribution in [0.1, 0.15) is 24.8 Å². The summed E-state index contributed by atoms with van der Waals surface area (Å²) in [4.78, 5) is 0. The molecule has 0 radical (unpaired) electrons. The number of nitrogens with one attached hydrogen (secondary N) is 1. The molecule has 2 unspecified atom stereocenters. The molecule has 0 amide bonds. The predicted molar refractivity (Wildman–Crippen MR) is 77.6 cm³/mol. The van der Waals surface area contributed by atoms with E-state index in [-0.39, 0.29) is 23.9 Å². The molecule has 2 aliphatic rings. The van der Waals surface area contributed by atoms with Crippen LogP contribution in [0.3, 0.4) is 0 Å². The van der Waals surface area contributed by atoms with E-state index >= 15 is 0 Å². The van der Waals surface area contributed by atoms with Crippen molar-refractivity contribution in [2.45, 2.75) is 31.5 Å². The molecule has 1 aromatic rings. The number of rotatable bonds is 1. The van der Waals surface area contributed by atoms with Crippen LogP contribution >= 0.6 is 11.6 Å². The van der Waals surface area contributed by atoms with Crippen molar-refractivity contribution < 1.29 is 17.6 Å². The largest absolute Gasteiger partial charge is 0.392 e. The molecule has 1 aromatic carbocycles. The van der Waals surface area contributed by atoms with Crippen molar-refractivity contribution in [2.75, 3.05) is 0 Å². The van der Waals surface area contributed by atoms with Gasteiger partial charge in [-0.3, -0.25) is 0 Å². The fourth-order valence-corrected chi connectivity index (χ4v) is 3.33. The lowest BCUT2D eigenvalue weighted by Crippen LogP contribution is -2.40. The zero-order chi connectivity index (χ0) is 15.9. The van der Waals surface area contributed by atoms with E-state index in [9.17, 15) is 17.6 Å². The first-order valence-corrected chi connectivity index (χ1v) is 7.42. The van der Waals surface area contributed by atoms with Crippen molar-refractivity contribution in [3.63, 3.8) is 0 Å². The zero-order valence-electron chi connectivity index (χ0n) is 11.6. The second kappa shape index (κ2) is 5.61. The first-order valence-electron chi connectivity index (χ1n) is 7.04. The molecule has 118 valence electrons. The van der Waals surface area contributed by atoms with Gasteiger partial charge < -0.3 is 5.32 Å². The molecule has 1 nitrogen and oxygen atoms in total. The minimum atomic E-state index is -4.19. The maximum atomic E-state index is 13.9. The third-order valence-corrected chi connectivity index (χ3v) is 4.51. The Hall–Kier alpha value is -1.49. The van der Waals surface area contributed by atoms with E-state index in [1.807, 2.05) is 0 Å². The van der Waals surface area contributed by atoms with Crippen LogP contribution in [0, 0.1) is 11.7 Å². The van der Waals surface area contributed by atoms with Crippen LogP contribution in [-0.2, 0) is 0 Å². The Morgan fingerprint density at radius 2 is 1.86 bits per heavy atom. The molecule has 3 rings (SSSR count). The summed E-state index contributed by atoms with van der Waals surface area (Å²) in [6, 6.07) is 5.98. The van der Waals surface area contributed by atoms with Crippen LogP contribution in [0.25, 0.3) is 5.70 Å². The summed E-state index contributed by atoms with van der Waals surface area (Å²) in [6.45, 7) is 0. The number of hydrogen-bond donors (Lipinski definition) is 1. The van der Waals surface area contributed by atoms with Gasteiger partial charge in [0.2, 0.25) is 0 Å². The van der Waals surface area contributed by atoms with Crippen LogP contribution in [0.4, 0.5) is 17.6 Å². The van der Waals surface area contributed by atoms with Crippen molar-refractivity contribution in [1.82, 2.24) is 5.32 Å². The van der Waals surface area contributed by atoms with Gasteiger partial charge in [0.1, 0.15) is 5.82 Å². The lowest BCUT2D eigenvalue weighted by atomic mass is 9.80. The summed E-state index contributed by atoms with van der Waals surface area (Å²) in [7, 11) is 0. The van der Waals surface area contributed by atoms with Gasteiger partial charge in [0, 0.05) is 11.6 Å². The predicted octanol–water partition coefficient (Wildman–Crippen LogP) is 4.99. The van der Waals surface area contributed by atoms with Crippen molar-refractivity contribution >= 4 is 17.3 Å². The standard InChI is InChI=1S/C16H14ClF4N/c17-12-8-9-7-10(16(19,20)21)5-6-14(9)22-15(12)11-3-1-2-4-13(11)18/h1-4,8,10,14,22H,5-7H2. The molecule has 1 aliphatic heterocycles. The molecular formula is C16H14ClF4N. The number of benzene rings is 1. The first-order chi connectivity index (χ1) is 10.4. The highest BCUT2D eigenvalue weighted by Crippen LogP contribution is 2.42. The monoisotopic (exact) mass is 331 g/mol. The van der Waals surface area contributed by atoms with Crippen molar-refractivity contribution in [2.24, 2.45) is 5.92 Å².